The van der Waals surface area contributed by atoms with Gasteiger partial charge in [0, 0.05) is 19.3 Å². The molecule has 11 atom stereocenters. The molecule has 0 aliphatic heterocycles. The molecule has 0 radical (unpaired) electrons. The summed E-state index contributed by atoms with van der Waals surface area (Å²) in [7, 11) is 1.49. The Morgan fingerprint density at radius 1 is 1.00 bits per heavy atom. The van der Waals surface area contributed by atoms with Gasteiger partial charge in [-0.2, -0.15) is 0 Å². The summed E-state index contributed by atoms with van der Waals surface area (Å²) >= 11 is 0. The van der Waals surface area contributed by atoms with E-state index < -0.39 is 0 Å². The van der Waals surface area contributed by atoms with E-state index in [0.29, 0.717) is 53.3 Å². The predicted molar refractivity (Wildman–Crippen MR) is 135 cm³/mol. The molecule has 0 amide bonds. The molecule has 0 saturated heterocycles. The average molecular weight is 475 g/mol. The fourth-order valence-electron chi connectivity index (χ4n) is 10.1. The molecule has 4 saturated carbocycles. The fraction of sp³-hybridized carbons (Fsp3) is 0.933. The van der Waals surface area contributed by atoms with Gasteiger partial charge in [0.1, 0.15) is 6.10 Å². The lowest BCUT2D eigenvalue weighted by molar-refractivity contribution is -0.213. The third kappa shape index (κ3) is 4.23. The van der Waals surface area contributed by atoms with Crippen molar-refractivity contribution >= 4 is 11.9 Å². The van der Waals surface area contributed by atoms with Crippen LogP contribution < -0.4 is 0 Å². The molecule has 4 rings (SSSR count). The van der Waals surface area contributed by atoms with Gasteiger partial charge in [0.2, 0.25) is 0 Å². The molecule has 4 nitrogen and oxygen atoms in total. The Morgan fingerprint density at radius 3 is 2.32 bits per heavy atom. The Bertz CT molecular complexity index is 763. The van der Waals surface area contributed by atoms with E-state index in [1.165, 1.54) is 52.1 Å². The summed E-state index contributed by atoms with van der Waals surface area (Å²) in [5.41, 5.74) is 0.656. The van der Waals surface area contributed by atoms with Crippen LogP contribution >= 0.6 is 0 Å². The number of hydrogen-bond acceptors (Lipinski definition) is 4. The first kappa shape index (κ1) is 26.0. The van der Waals surface area contributed by atoms with Gasteiger partial charge in [-0.3, -0.25) is 9.59 Å². The van der Waals surface area contributed by atoms with Crippen molar-refractivity contribution in [2.24, 2.45) is 58.2 Å². The van der Waals surface area contributed by atoms with E-state index in [0.717, 1.165) is 18.8 Å². The number of rotatable bonds is 6. The van der Waals surface area contributed by atoms with Crippen LogP contribution in [-0.4, -0.2) is 25.2 Å². The molecule has 0 aromatic carbocycles. The number of hydrogen-bond donors (Lipinski definition) is 0. The van der Waals surface area contributed by atoms with Gasteiger partial charge >= 0.3 is 11.9 Å². The second kappa shape index (κ2) is 9.77. The van der Waals surface area contributed by atoms with Crippen LogP contribution in [0.1, 0.15) is 106 Å². The van der Waals surface area contributed by atoms with Crippen LogP contribution in [-0.2, 0) is 19.1 Å². The first-order valence-electron chi connectivity index (χ1n) is 14.3. The van der Waals surface area contributed by atoms with E-state index in [9.17, 15) is 9.59 Å². The highest BCUT2D eigenvalue weighted by atomic mass is 16.5. The summed E-state index contributed by atoms with van der Waals surface area (Å²) in [6.07, 6.45) is 11.6. The van der Waals surface area contributed by atoms with Crippen molar-refractivity contribution in [2.75, 3.05) is 7.11 Å². The second-order valence-electron chi connectivity index (χ2n) is 13.2. The predicted octanol–water partition coefficient (Wildman–Crippen LogP) is 7.05. The van der Waals surface area contributed by atoms with Gasteiger partial charge in [0.15, 0.2) is 0 Å². The van der Waals surface area contributed by atoms with Crippen molar-refractivity contribution in [1.82, 2.24) is 0 Å². The zero-order valence-electron chi connectivity index (χ0n) is 22.9. The lowest BCUT2D eigenvalue weighted by atomic mass is 9.41. The van der Waals surface area contributed by atoms with Gasteiger partial charge in [0.05, 0.1) is 7.11 Å². The summed E-state index contributed by atoms with van der Waals surface area (Å²) in [4.78, 5) is 24.2. The molecule has 0 heterocycles. The molecular weight excluding hydrogens is 424 g/mol. The van der Waals surface area contributed by atoms with Crippen LogP contribution in [0.2, 0.25) is 0 Å². The first-order chi connectivity index (χ1) is 16.1. The largest absolute Gasteiger partial charge is 0.469 e. The number of esters is 2. The Hall–Kier alpha value is -1.06. The van der Waals surface area contributed by atoms with Crippen LogP contribution in [0.15, 0.2) is 0 Å². The third-order valence-electron chi connectivity index (χ3n) is 11.7. The molecule has 0 spiro atoms. The van der Waals surface area contributed by atoms with E-state index >= 15 is 0 Å². The maximum absolute atomic E-state index is 12.4. The Balaban J connectivity index is 1.66. The van der Waals surface area contributed by atoms with E-state index in [2.05, 4.69) is 34.6 Å². The van der Waals surface area contributed by atoms with Crippen molar-refractivity contribution in [3.63, 3.8) is 0 Å². The summed E-state index contributed by atoms with van der Waals surface area (Å²) in [6.45, 7) is 13.9. The average Bonchev–Trinajstić information content (AvgIpc) is 3.15. The van der Waals surface area contributed by atoms with Crippen LogP contribution in [0.25, 0.3) is 0 Å². The summed E-state index contributed by atoms with van der Waals surface area (Å²) in [5, 5.41) is 0. The fourth-order valence-corrected chi connectivity index (χ4v) is 10.1. The van der Waals surface area contributed by atoms with E-state index in [1.54, 1.807) is 6.92 Å². The minimum atomic E-state index is -0.0945. The zero-order chi connectivity index (χ0) is 24.8. The van der Waals surface area contributed by atoms with Gasteiger partial charge in [-0.1, -0.05) is 41.0 Å². The lowest BCUT2D eigenvalue weighted by Crippen LogP contribution is -2.62. The van der Waals surface area contributed by atoms with Gasteiger partial charge < -0.3 is 9.47 Å². The van der Waals surface area contributed by atoms with Gasteiger partial charge in [-0.05, 0) is 104 Å². The van der Waals surface area contributed by atoms with Crippen molar-refractivity contribution < 1.29 is 19.1 Å². The Morgan fingerprint density at radius 2 is 1.68 bits per heavy atom. The minimum Gasteiger partial charge on any atom is -0.469 e. The zero-order valence-corrected chi connectivity index (χ0v) is 22.9. The Labute approximate surface area is 208 Å². The summed E-state index contributed by atoms with van der Waals surface area (Å²) in [6, 6.07) is 0. The third-order valence-corrected chi connectivity index (χ3v) is 11.7. The maximum Gasteiger partial charge on any atom is 0.305 e. The smallest absolute Gasteiger partial charge is 0.305 e. The highest BCUT2D eigenvalue weighted by Gasteiger charge is 2.65. The van der Waals surface area contributed by atoms with E-state index in [4.69, 9.17) is 9.47 Å². The van der Waals surface area contributed by atoms with Crippen LogP contribution in [0.5, 0.6) is 0 Å². The van der Waals surface area contributed by atoms with Crippen molar-refractivity contribution in [3.8, 4) is 0 Å². The monoisotopic (exact) mass is 474 g/mol. The lowest BCUT2D eigenvalue weighted by Gasteiger charge is -2.65. The molecule has 4 heteroatoms. The maximum atomic E-state index is 12.4. The highest BCUT2D eigenvalue weighted by molar-refractivity contribution is 5.69. The van der Waals surface area contributed by atoms with Crippen LogP contribution in [0.3, 0.4) is 0 Å². The molecule has 0 bridgehead atoms. The van der Waals surface area contributed by atoms with Crippen molar-refractivity contribution in [1.29, 1.82) is 0 Å². The van der Waals surface area contributed by atoms with Gasteiger partial charge in [-0.15, -0.1) is 0 Å². The number of carbonyl (C=O) groups is 2. The van der Waals surface area contributed by atoms with Crippen LogP contribution in [0.4, 0.5) is 0 Å². The number of fused-ring (bicyclic) bond motifs is 5. The Kier molecular flexibility index (Phi) is 7.48. The second-order valence-corrected chi connectivity index (χ2v) is 13.2. The normalized spacial score (nSPS) is 46.6. The standard InChI is InChI=1S/C30H50O4/c1-8-21-25-17-18(2)13-15-30(25,6)24-14-16-29(5)22(19(3)9-12-26(32)33-7)10-11-23(29)27(24)28(21)34-20(4)31/h18-19,21-25,27-28H,8-17H2,1-7H3/t18?,19-,21-,22-,23+,24+,25+,27+,28-,29-,30-/m1/s1. The minimum absolute atomic E-state index is 0.0737. The molecule has 4 aliphatic rings. The molecule has 0 aromatic heterocycles. The topological polar surface area (TPSA) is 52.6 Å². The number of carbonyl (C=O) groups excluding carboxylic acids is 2. The first-order valence-corrected chi connectivity index (χ1v) is 14.3. The van der Waals surface area contributed by atoms with E-state index in [1.807, 2.05) is 0 Å². The molecule has 34 heavy (non-hydrogen) atoms. The SMILES string of the molecule is CC[C@H]1[C@@H](OC(C)=O)[C@@H]2[C@H](CC[C@]3(C)[C@@H]([C@H](C)CCC(=O)OC)CC[C@@H]23)[C@@]2(C)CCC(C)C[C@@H]12. The van der Waals surface area contributed by atoms with Gasteiger partial charge in [-0.25, -0.2) is 0 Å². The molecular formula is C30H50O4. The molecule has 1 unspecified atom stereocenters. The van der Waals surface area contributed by atoms with Crippen LogP contribution in [0, 0.1) is 58.2 Å². The molecule has 4 fully saturated rings. The quantitative estimate of drug-likeness (QED) is 0.387. The number of ether oxygens (including phenoxy) is 2. The van der Waals surface area contributed by atoms with Gasteiger partial charge in [0.25, 0.3) is 0 Å². The molecule has 0 aromatic rings. The summed E-state index contributed by atoms with van der Waals surface area (Å²) in [5.74, 6) is 4.68. The number of methoxy groups -OCH3 is 1. The highest BCUT2D eigenvalue weighted by Crippen LogP contribution is 2.70. The molecule has 0 N–H and O–H groups in total. The molecule has 194 valence electrons. The molecule has 4 aliphatic carbocycles. The summed E-state index contributed by atoms with van der Waals surface area (Å²) < 4.78 is 11.3. The van der Waals surface area contributed by atoms with E-state index in [-0.39, 0.29) is 23.5 Å². The van der Waals surface area contributed by atoms with Crippen molar-refractivity contribution in [3.05, 3.63) is 0 Å². The van der Waals surface area contributed by atoms with Crippen molar-refractivity contribution in [2.45, 2.75) is 112 Å².